The lowest BCUT2D eigenvalue weighted by atomic mass is 9.63. The number of likely N-dealkylation sites (N-methyl/N-ethyl adjacent to an activating group) is 1. The summed E-state index contributed by atoms with van der Waals surface area (Å²) >= 11 is 0. The van der Waals surface area contributed by atoms with E-state index in [-0.39, 0.29) is 11.4 Å². The van der Waals surface area contributed by atoms with Crippen LogP contribution in [-0.4, -0.2) is 52.6 Å². The molecule has 0 bridgehead atoms. The van der Waals surface area contributed by atoms with E-state index in [0.717, 1.165) is 25.1 Å². The average Bonchev–Trinajstić information content (AvgIpc) is 2.52. The molecule has 2 N–H and O–H groups in total. The number of rotatable bonds is 2. The van der Waals surface area contributed by atoms with Gasteiger partial charge in [0.2, 0.25) is 0 Å². The number of hydrogen-bond donors (Lipinski definition) is 2. The molecule has 5 nitrogen and oxygen atoms in total. The summed E-state index contributed by atoms with van der Waals surface area (Å²) in [6.45, 7) is 2.67. The van der Waals surface area contributed by atoms with Crippen molar-refractivity contribution in [2.24, 2.45) is 0 Å². The fraction of sp³-hybridized carbons (Fsp3) is 0.588. The molecule has 2 heterocycles. The molecule has 1 saturated heterocycles. The molecule has 2 fully saturated rings. The highest BCUT2D eigenvalue weighted by molar-refractivity contribution is 5.93. The minimum Gasteiger partial charge on any atom is -0.299 e. The smallest absolute Gasteiger partial charge is 0.274 e. The third kappa shape index (κ3) is 2.12. The molecule has 1 saturated carbocycles. The van der Waals surface area contributed by atoms with Crippen LogP contribution in [0.2, 0.25) is 0 Å². The van der Waals surface area contributed by atoms with Gasteiger partial charge >= 0.3 is 0 Å². The van der Waals surface area contributed by atoms with Gasteiger partial charge in [-0.05, 0) is 50.4 Å². The van der Waals surface area contributed by atoms with Gasteiger partial charge in [0.15, 0.2) is 0 Å². The standard InChI is InChI=1S/C17H22FN3O2/c1-20-7-5-17(20)4-2-15(17)21-6-3-11-8-12(16(22)19-23)9-14(18)13(11)10-21/h8-9,15,23H,2-7,10H2,1H3,(H,19,22). The van der Waals surface area contributed by atoms with E-state index in [0.29, 0.717) is 23.7 Å². The van der Waals surface area contributed by atoms with E-state index < -0.39 is 5.91 Å². The molecule has 2 unspecified atom stereocenters. The lowest BCUT2D eigenvalue weighted by Crippen LogP contribution is -2.74. The van der Waals surface area contributed by atoms with Crippen LogP contribution in [0, 0.1) is 5.82 Å². The van der Waals surface area contributed by atoms with Gasteiger partial charge in [-0.3, -0.25) is 19.8 Å². The van der Waals surface area contributed by atoms with Crippen LogP contribution in [0.15, 0.2) is 12.1 Å². The number of hydroxylamine groups is 1. The number of benzene rings is 1. The van der Waals surface area contributed by atoms with Gasteiger partial charge in [-0.15, -0.1) is 0 Å². The van der Waals surface area contributed by atoms with Crippen LogP contribution < -0.4 is 5.48 Å². The number of amides is 1. The zero-order valence-electron chi connectivity index (χ0n) is 13.3. The highest BCUT2D eigenvalue weighted by atomic mass is 19.1. The molecule has 2 atom stereocenters. The molecule has 3 aliphatic rings. The maximum atomic E-state index is 14.5. The highest BCUT2D eigenvalue weighted by Gasteiger charge is 2.56. The van der Waals surface area contributed by atoms with Crippen molar-refractivity contribution in [2.45, 2.75) is 43.8 Å². The topological polar surface area (TPSA) is 55.8 Å². The normalized spacial score (nSPS) is 30.5. The molecule has 1 spiro atoms. The summed E-state index contributed by atoms with van der Waals surface area (Å²) in [5, 5.41) is 8.72. The highest BCUT2D eigenvalue weighted by Crippen LogP contribution is 2.49. The van der Waals surface area contributed by atoms with E-state index in [1.807, 2.05) is 0 Å². The molecule has 4 rings (SSSR count). The number of fused-ring (bicyclic) bond motifs is 1. The third-order valence-corrected chi connectivity index (χ3v) is 6.23. The summed E-state index contributed by atoms with van der Waals surface area (Å²) in [5.41, 5.74) is 3.66. The molecule has 6 heteroatoms. The Bertz CT molecular complexity index is 661. The first-order valence-electron chi connectivity index (χ1n) is 8.26. The van der Waals surface area contributed by atoms with Crippen molar-refractivity contribution < 1.29 is 14.4 Å². The largest absolute Gasteiger partial charge is 0.299 e. The first-order chi connectivity index (χ1) is 11.0. The van der Waals surface area contributed by atoms with Crippen molar-refractivity contribution in [3.05, 3.63) is 34.6 Å². The minimum atomic E-state index is -0.664. The van der Waals surface area contributed by atoms with Crippen molar-refractivity contribution in [3.8, 4) is 0 Å². The maximum Gasteiger partial charge on any atom is 0.274 e. The van der Waals surface area contributed by atoms with Gasteiger partial charge < -0.3 is 0 Å². The first-order valence-corrected chi connectivity index (χ1v) is 8.26. The second kappa shape index (κ2) is 5.26. The third-order valence-electron chi connectivity index (χ3n) is 6.23. The van der Waals surface area contributed by atoms with Gasteiger partial charge in [0.25, 0.3) is 5.91 Å². The first kappa shape index (κ1) is 15.1. The van der Waals surface area contributed by atoms with E-state index in [1.54, 1.807) is 11.5 Å². The quantitative estimate of drug-likeness (QED) is 0.641. The number of carbonyl (C=O) groups excluding carboxylic acids is 1. The Morgan fingerprint density at radius 2 is 2.22 bits per heavy atom. The number of nitrogens with one attached hydrogen (secondary N) is 1. The molecule has 1 aromatic carbocycles. The fourth-order valence-electron chi connectivity index (χ4n) is 4.59. The predicted octanol–water partition coefficient (Wildman–Crippen LogP) is 1.54. The van der Waals surface area contributed by atoms with Crippen LogP contribution in [0.25, 0.3) is 0 Å². The Balaban J connectivity index is 1.57. The molecule has 2 aliphatic heterocycles. The molecular formula is C17H22FN3O2. The van der Waals surface area contributed by atoms with Crippen molar-refractivity contribution in [2.75, 3.05) is 20.1 Å². The Kier molecular flexibility index (Phi) is 3.44. The number of carbonyl (C=O) groups is 1. The van der Waals surface area contributed by atoms with Gasteiger partial charge in [-0.1, -0.05) is 0 Å². The molecule has 124 valence electrons. The van der Waals surface area contributed by atoms with Gasteiger partial charge in [-0.2, -0.15) is 0 Å². The monoisotopic (exact) mass is 319 g/mol. The summed E-state index contributed by atoms with van der Waals surface area (Å²) in [4.78, 5) is 16.4. The average molecular weight is 319 g/mol. The number of halogens is 1. The Labute approximate surface area is 135 Å². The van der Waals surface area contributed by atoms with E-state index in [9.17, 15) is 9.18 Å². The van der Waals surface area contributed by atoms with Gasteiger partial charge in [-0.25, -0.2) is 9.87 Å². The van der Waals surface area contributed by atoms with Crippen molar-refractivity contribution in [1.82, 2.24) is 15.3 Å². The maximum absolute atomic E-state index is 14.5. The van der Waals surface area contributed by atoms with Crippen LogP contribution in [0.1, 0.15) is 40.7 Å². The van der Waals surface area contributed by atoms with Crippen LogP contribution in [0.3, 0.4) is 0 Å². The van der Waals surface area contributed by atoms with E-state index in [2.05, 4.69) is 16.8 Å². The Morgan fingerprint density at radius 3 is 2.78 bits per heavy atom. The molecule has 1 amide bonds. The van der Waals surface area contributed by atoms with E-state index in [1.165, 1.54) is 25.3 Å². The van der Waals surface area contributed by atoms with Gasteiger partial charge in [0.1, 0.15) is 5.82 Å². The second-order valence-electron chi connectivity index (χ2n) is 7.09. The molecule has 1 aromatic rings. The van der Waals surface area contributed by atoms with Crippen LogP contribution in [0.5, 0.6) is 0 Å². The second-order valence-corrected chi connectivity index (χ2v) is 7.09. The number of nitrogens with zero attached hydrogens (tertiary/aromatic N) is 2. The van der Waals surface area contributed by atoms with Crippen molar-refractivity contribution in [3.63, 3.8) is 0 Å². The van der Waals surface area contributed by atoms with Gasteiger partial charge in [0.05, 0.1) is 0 Å². The lowest BCUT2D eigenvalue weighted by molar-refractivity contribution is -0.129. The molecule has 0 radical (unpaired) electrons. The van der Waals surface area contributed by atoms with Crippen LogP contribution in [-0.2, 0) is 13.0 Å². The summed E-state index contributed by atoms with van der Waals surface area (Å²) < 4.78 is 14.5. The van der Waals surface area contributed by atoms with Gasteiger partial charge in [0, 0.05) is 42.3 Å². The lowest BCUT2D eigenvalue weighted by Gasteiger charge is -2.65. The molecule has 1 aliphatic carbocycles. The van der Waals surface area contributed by atoms with E-state index in [4.69, 9.17) is 5.21 Å². The minimum absolute atomic E-state index is 0.177. The zero-order chi connectivity index (χ0) is 16.2. The SMILES string of the molecule is CN1CCC12CCC2N1CCc2cc(C(=O)NO)cc(F)c2C1. The van der Waals surface area contributed by atoms with E-state index >= 15 is 0 Å². The predicted molar refractivity (Wildman–Crippen MR) is 82.8 cm³/mol. The summed E-state index contributed by atoms with van der Waals surface area (Å²) in [5.74, 6) is -1.01. The summed E-state index contributed by atoms with van der Waals surface area (Å²) in [6.07, 6.45) is 4.42. The Hall–Kier alpha value is -1.50. The van der Waals surface area contributed by atoms with Crippen LogP contribution >= 0.6 is 0 Å². The number of hydrogen-bond acceptors (Lipinski definition) is 4. The van der Waals surface area contributed by atoms with Crippen molar-refractivity contribution >= 4 is 5.91 Å². The molecule has 23 heavy (non-hydrogen) atoms. The zero-order valence-corrected chi connectivity index (χ0v) is 13.3. The summed E-state index contributed by atoms with van der Waals surface area (Å²) in [6, 6.07) is 3.45. The Morgan fingerprint density at radius 1 is 1.39 bits per heavy atom. The van der Waals surface area contributed by atoms with Crippen molar-refractivity contribution in [1.29, 1.82) is 0 Å². The fourth-order valence-corrected chi connectivity index (χ4v) is 4.59. The van der Waals surface area contributed by atoms with Crippen LogP contribution in [0.4, 0.5) is 4.39 Å². The molecular weight excluding hydrogens is 297 g/mol. The molecule has 0 aromatic heterocycles. The summed E-state index contributed by atoms with van der Waals surface area (Å²) in [7, 11) is 2.19. The number of likely N-dealkylation sites (tertiary alicyclic amines) is 1.